The number of benzene rings is 1. The molecule has 0 aliphatic heterocycles. The Morgan fingerprint density at radius 2 is 1.96 bits per heavy atom. The Morgan fingerprint density at radius 1 is 1.07 bits per heavy atom. The van der Waals surface area contributed by atoms with Gasteiger partial charge in [-0.1, -0.05) is 36.4 Å². The maximum absolute atomic E-state index is 12.5. The average molecular weight is 359 g/mol. The van der Waals surface area contributed by atoms with E-state index in [1.54, 1.807) is 34.3 Å². The number of hydrogen-bond donors (Lipinski definition) is 1. The van der Waals surface area contributed by atoms with Crippen LogP contribution in [0.2, 0.25) is 0 Å². The van der Waals surface area contributed by atoms with Gasteiger partial charge in [0.2, 0.25) is 0 Å². The van der Waals surface area contributed by atoms with Gasteiger partial charge in [-0.3, -0.25) is 9.48 Å². The molecule has 0 spiro atoms. The molecule has 1 N–H and O–H groups in total. The monoisotopic (exact) mass is 359 g/mol. The number of aromatic nitrogens is 6. The molecular weight excluding hydrogens is 342 g/mol. The van der Waals surface area contributed by atoms with Crippen LogP contribution in [0.4, 0.5) is 0 Å². The molecular formula is C19H17N7O. The van der Waals surface area contributed by atoms with Gasteiger partial charge >= 0.3 is 0 Å². The summed E-state index contributed by atoms with van der Waals surface area (Å²) < 4.78 is 3.31. The predicted octanol–water partition coefficient (Wildman–Crippen LogP) is 1.84. The molecule has 3 heterocycles. The van der Waals surface area contributed by atoms with Crippen LogP contribution in [0, 0.1) is 0 Å². The fourth-order valence-corrected chi connectivity index (χ4v) is 2.71. The molecule has 0 saturated carbocycles. The normalized spacial score (nSPS) is 10.7. The van der Waals surface area contributed by atoms with Crippen molar-refractivity contribution in [2.75, 3.05) is 0 Å². The highest BCUT2D eigenvalue weighted by Gasteiger charge is 2.11. The molecule has 1 aromatic carbocycles. The SMILES string of the molecule is O=C(NCc1cccnc1-n1cncn1)c1cnn(Cc2ccccc2)c1. The van der Waals surface area contributed by atoms with Crippen molar-refractivity contribution in [1.29, 1.82) is 0 Å². The van der Waals surface area contributed by atoms with Gasteiger partial charge in [0, 0.05) is 24.5 Å². The van der Waals surface area contributed by atoms with Crippen molar-refractivity contribution in [3.05, 3.63) is 90.4 Å². The summed E-state index contributed by atoms with van der Waals surface area (Å²) in [7, 11) is 0. The van der Waals surface area contributed by atoms with E-state index in [0.29, 0.717) is 24.5 Å². The molecule has 134 valence electrons. The van der Waals surface area contributed by atoms with Crippen LogP contribution in [-0.4, -0.2) is 35.4 Å². The number of nitrogens with zero attached hydrogens (tertiary/aromatic N) is 6. The van der Waals surface area contributed by atoms with Crippen LogP contribution in [0.15, 0.2) is 73.7 Å². The fraction of sp³-hybridized carbons (Fsp3) is 0.105. The first-order valence-corrected chi connectivity index (χ1v) is 8.43. The zero-order valence-electron chi connectivity index (χ0n) is 14.4. The number of hydrogen-bond acceptors (Lipinski definition) is 5. The standard InChI is InChI=1S/C19H17N7O/c27-19(17-10-23-25(12-17)11-15-5-2-1-3-6-15)22-9-16-7-4-8-21-18(16)26-14-20-13-24-26/h1-8,10,12-14H,9,11H2,(H,22,27). The molecule has 4 aromatic rings. The zero-order chi connectivity index (χ0) is 18.5. The molecule has 27 heavy (non-hydrogen) atoms. The first kappa shape index (κ1) is 16.6. The minimum absolute atomic E-state index is 0.192. The van der Waals surface area contributed by atoms with Crippen molar-refractivity contribution in [1.82, 2.24) is 34.8 Å². The molecule has 0 atom stereocenters. The molecule has 0 unspecified atom stereocenters. The van der Waals surface area contributed by atoms with E-state index in [2.05, 4.69) is 25.5 Å². The summed E-state index contributed by atoms with van der Waals surface area (Å²) in [6.07, 6.45) is 8.00. The highest BCUT2D eigenvalue weighted by Crippen LogP contribution is 2.10. The molecule has 1 amide bonds. The van der Waals surface area contributed by atoms with E-state index < -0.39 is 0 Å². The Balaban J connectivity index is 1.42. The summed E-state index contributed by atoms with van der Waals surface area (Å²) in [6.45, 7) is 0.943. The molecule has 0 bridgehead atoms. The van der Waals surface area contributed by atoms with Crippen molar-refractivity contribution < 1.29 is 4.79 Å². The van der Waals surface area contributed by atoms with Gasteiger partial charge in [0.1, 0.15) is 12.7 Å². The van der Waals surface area contributed by atoms with Gasteiger partial charge in [0.05, 0.1) is 18.3 Å². The van der Waals surface area contributed by atoms with E-state index in [1.165, 1.54) is 6.33 Å². The number of rotatable bonds is 6. The number of carbonyl (C=O) groups excluding carboxylic acids is 1. The summed E-state index contributed by atoms with van der Waals surface area (Å²) in [5, 5.41) is 11.3. The summed E-state index contributed by atoms with van der Waals surface area (Å²) in [5.74, 6) is 0.442. The van der Waals surface area contributed by atoms with Crippen molar-refractivity contribution in [3.8, 4) is 5.82 Å². The second-order valence-electron chi connectivity index (χ2n) is 5.92. The third-order valence-electron chi connectivity index (χ3n) is 4.03. The Hall–Kier alpha value is -3.81. The first-order valence-electron chi connectivity index (χ1n) is 8.43. The third kappa shape index (κ3) is 3.90. The van der Waals surface area contributed by atoms with Crippen molar-refractivity contribution >= 4 is 5.91 Å². The molecule has 0 aliphatic rings. The fourth-order valence-electron chi connectivity index (χ4n) is 2.71. The zero-order valence-corrected chi connectivity index (χ0v) is 14.4. The molecule has 0 radical (unpaired) electrons. The van der Waals surface area contributed by atoms with E-state index in [-0.39, 0.29) is 5.91 Å². The van der Waals surface area contributed by atoms with Crippen LogP contribution in [0.1, 0.15) is 21.5 Å². The maximum atomic E-state index is 12.5. The second-order valence-corrected chi connectivity index (χ2v) is 5.92. The van der Waals surface area contributed by atoms with Gasteiger partial charge in [-0.15, -0.1) is 0 Å². The number of pyridine rings is 1. The molecule has 0 saturated heterocycles. The molecule has 4 rings (SSSR count). The van der Waals surface area contributed by atoms with Crippen LogP contribution in [0.3, 0.4) is 0 Å². The van der Waals surface area contributed by atoms with Crippen LogP contribution < -0.4 is 5.32 Å². The minimum Gasteiger partial charge on any atom is -0.348 e. The van der Waals surface area contributed by atoms with E-state index in [1.807, 2.05) is 42.5 Å². The lowest BCUT2D eigenvalue weighted by Gasteiger charge is -2.08. The maximum Gasteiger partial charge on any atom is 0.254 e. The van der Waals surface area contributed by atoms with Gasteiger partial charge < -0.3 is 5.32 Å². The lowest BCUT2D eigenvalue weighted by molar-refractivity contribution is 0.0951. The molecule has 3 aromatic heterocycles. The van der Waals surface area contributed by atoms with Crippen LogP contribution in [0.25, 0.3) is 5.82 Å². The summed E-state index contributed by atoms with van der Waals surface area (Å²) in [5.41, 5.74) is 2.48. The molecule has 0 fully saturated rings. The van der Waals surface area contributed by atoms with Crippen LogP contribution in [-0.2, 0) is 13.1 Å². The van der Waals surface area contributed by atoms with E-state index >= 15 is 0 Å². The topological polar surface area (TPSA) is 90.5 Å². The van der Waals surface area contributed by atoms with Crippen molar-refractivity contribution in [2.45, 2.75) is 13.1 Å². The number of carbonyl (C=O) groups is 1. The van der Waals surface area contributed by atoms with Gasteiger partial charge in [-0.2, -0.15) is 10.2 Å². The van der Waals surface area contributed by atoms with Gasteiger partial charge in [-0.05, 0) is 11.6 Å². The Bertz CT molecular complexity index is 1030. The third-order valence-corrected chi connectivity index (χ3v) is 4.03. The lowest BCUT2D eigenvalue weighted by Crippen LogP contribution is -2.23. The smallest absolute Gasteiger partial charge is 0.254 e. The van der Waals surface area contributed by atoms with Crippen LogP contribution >= 0.6 is 0 Å². The Labute approximate surface area is 155 Å². The first-order chi connectivity index (χ1) is 13.3. The Kier molecular flexibility index (Phi) is 4.69. The van der Waals surface area contributed by atoms with Crippen LogP contribution in [0.5, 0.6) is 0 Å². The number of amides is 1. The average Bonchev–Trinajstić information content (AvgIpc) is 3.39. The summed E-state index contributed by atoms with van der Waals surface area (Å²) >= 11 is 0. The minimum atomic E-state index is -0.192. The van der Waals surface area contributed by atoms with Crippen molar-refractivity contribution in [2.24, 2.45) is 0 Å². The highest BCUT2D eigenvalue weighted by molar-refractivity contribution is 5.93. The Morgan fingerprint density at radius 3 is 2.78 bits per heavy atom. The van der Waals surface area contributed by atoms with E-state index in [9.17, 15) is 4.79 Å². The van der Waals surface area contributed by atoms with Crippen molar-refractivity contribution in [3.63, 3.8) is 0 Å². The summed E-state index contributed by atoms with van der Waals surface area (Å²) in [6, 6.07) is 13.7. The summed E-state index contributed by atoms with van der Waals surface area (Å²) in [4.78, 5) is 20.7. The van der Waals surface area contributed by atoms with E-state index in [0.717, 1.165) is 11.1 Å². The van der Waals surface area contributed by atoms with E-state index in [4.69, 9.17) is 0 Å². The van der Waals surface area contributed by atoms with Gasteiger partial charge in [0.15, 0.2) is 5.82 Å². The molecule has 0 aliphatic carbocycles. The largest absolute Gasteiger partial charge is 0.348 e. The predicted molar refractivity (Wildman–Crippen MR) is 98.1 cm³/mol. The quantitative estimate of drug-likeness (QED) is 0.567. The number of nitrogens with one attached hydrogen (secondary N) is 1. The molecule has 8 nitrogen and oxygen atoms in total. The molecule has 8 heteroatoms. The van der Waals surface area contributed by atoms with Gasteiger partial charge in [-0.25, -0.2) is 14.6 Å². The van der Waals surface area contributed by atoms with Gasteiger partial charge in [0.25, 0.3) is 5.91 Å². The second kappa shape index (κ2) is 7.61. The lowest BCUT2D eigenvalue weighted by atomic mass is 10.2. The highest BCUT2D eigenvalue weighted by atomic mass is 16.1.